The highest BCUT2D eigenvalue weighted by atomic mass is 32.2. The third-order valence-electron chi connectivity index (χ3n) is 4.52. The summed E-state index contributed by atoms with van der Waals surface area (Å²) in [6, 6.07) is 4.46. The van der Waals surface area contributed by atoms with E-state index >= 15 is 0 Å². The average Bonchev–Trinajstić information content (AvgIpc) is 3.30. The van der Waals surface area contributed by atoms with E-state index in [1.165, 1.54) is 33.8 Å². The fraction of sp³-hybridized carbons (Fsp3) is 0.353. The lowest BCUT2D eigenvalue weighted by atomic mass is 10.1. The van der Waals surface area contributed by atoms with E-state index < -0.39 is 21.9 Å². The number of benzene rings is 1. The van der Waals surface area contributed by atoms with Crippen LogP contribution >= 0.6 is 11.3 Å². The summed E-state index contributed by atoms with van der Waals surface area (Å²) in [4.78, 5) is 4.86. The summed E-state index contributed by atoms with van der Waals surface area (Å²) in [5, 5.41) is 8.16. The number of piperidine rings is 1. The van der Waals surface area contributed by atoms with E-state index in [2.05, 4.69) is 15.2 Å². The molecule has 4 rings (SSSR count). The van der Waals surface area contributed by atoms with Crippen LogP contribution in [-0.4, -0.2) is 34.4 Å². The van der Waals surface area contributed by atoms with Crippen molar-refractivity contribution < 1.29 is 17.2 Å². The molecule has 0 unspecified atom stereocenters. The third-order valence-corrected chi connectivity index (χ3v) is 7.34. The highest BCUT2D eigenvalue weighted by Gasteiger charge is 2.37. The second-order valence-electron chi connectivity index (χ2n) is 6.30. The zero-order chi connectivity index (χ0) is 19.0. The monoisotopic (exact) mass is 408 g/mol. The highest BCUT2D eigenvalue weighted by Crippen LogP contribution is 2.36. The van der Waals surface area contributed by atoms with Crippen molar-refractivity contribution in [1.29, 1.82) is 0 Å². The van der Waals surface area contributed by atoms with Crippen molar-refractivity contribution >= 4 is 21.4 Å². The van der Waals surface area contributed by atoms with Crippen molar-refractivity contribution in [1.82, 2.24) is 19.5 Å². The van der Waals surface area contributed by atoms with E-state index in [9.17, 15) is 12.8 Å². The molecule has 1 aliphatic rings. The van der Waals surface area contributed by atoms with Gasteiger partial charge in [0.05, 0.1) is 16.1 Å². The fourth-order valence-corrected chi connectivity index (χ4v) is 5.58. The second kappa shape index (κ2) is 7.10. The maximum atomic E-state index is 13.6. The largest absolute Gasteiger partial charge is 0.418 e. The Hall–Kier alpha value is -2.17. The maximum Gasteiger partial charge on any atom is 0.259 e. The number of hydrogen-bond acceptors (Lipinski definition) is 7. The van der Waals surface area contributed by atoms with Gasteiger partial charge in [0.25, 0.3) is 5.89 Å². The van der Waals surface area contributed by atoms with Crippen LogP contribution in [0.25, 0.3) is 10.8 Å². The molecule has 3 aromatic rings. The molecule has 0 aliphatic carbocycles. The van der Waals surface area contributed by atoms with Crippen molar-refractivity contribution in [2.24, 2.45) is 0 Å². The van der Waals surface area contributed by atoms with E-state index in [0.29, 0.717) is 18.9 Å². The molecular formula is C17H17FN4O3S2. The lowest BCUT2D eigenvalue weighted by Gasteiger charge is -2.32. The maximum absolute atomic E-state index is 13.6. The van der Waals surface area contributed by atoms with Gasteiger partial charge in [0.2, 0.25) is 15.9 Å². The van der Waals surface area contributed by atoms with E-state index in [0.717, 1.165) is 29.5 Å². The molecule has 0 bridgehead atoms. The van der Waals surface area contributed by atoms with E-state index in [4.69, 9.17) is 4.42 Å². The minimum absolute atomic E-state index is 0.0764. The summed E-state index contributed by atoms with van der Waals surface area (Å²) < 4.78 is 46.8. The van der Waals surface area contributed by atoms with Gasteiger partial charge in [-0.25, -0.2) is 17.8 Å². The van der Waals surface area contributed by atoms with Crippen LogP contribution in [-0.2, 0) is 10.0 Å². The number of hydrogen-bond donors (Lipinski definition) is 0. The van der Waals surface area contributed by atoms with Crippen molar-refractivity contribution in [3.63, 3.8) is 0 Å². The van der Waals surface area contributed by atoms with Gasteiger partial charge in [0.1, 0.15) is 16.7 Å². The Bertz CT molecular complexity index is 1060. The molecule has 0 spiro atoms. The molecule has 0 N–H and O–H groups in total. The fourth-order valence-electron chi connectivity index (χ4n) is 3.17. The first-order chi connectivity index (χ1) is 13.0. The molecule has 27 heavy (non-hydrogen) atoms. The Morgan fingerprint density at radius 1 is 1.30 bits per heavy atom. The van der Waals surface area contributed by atoms with Crippen LogP contribution in [0.5, 0.6) is 0 Å². The Morgan fingerprint density at radius 3 is 2.89 bits per heavy atom. The molecule has 1 atom stereocenters. The molecule has 0 radical (unpaired) electrons. The molecule has 1 fully saturated rings. The first-order valence-corrected chi connectivity index (χ1v) is 10.8. The molecule has 0 amide bonds. The van der Waals surface area contributed by atoms with Gasteiger partial charge < -0.3 is 4.42 Å². The van der Waals surface area contributed by atoms with Crippen LogP contribution in [0.15, 0.2) is 39.1 Å². The first kappa shape index (κ1) is 18.2. The lowest BCUT2D eigenvalue weighted by molar-refractivity contribution is 0.220. The van der Waals surface area contributed by atoms with Gasteiger partial charge in [-0.15, -0.1) is 21.5 Å². The van der Waals surface area contributed by atoms with Gasteiger partial charge in [-0.05, 0) is 38.0 Å². The molecular weight excluding hydrogens is 391 g/mol. The Balaban J connectivity index is 1.69. The number of nitrogens with zero attached hydrogens (tertiary/aromatic N) is 4. The topological polar surface area (TPSA) is 89.2 Å². The molecule has 1 saturated heterocycles. The summed E-state index contributed by atoms with van der Waals surface area (Å²) in [5.74, 6) is -0.0125. The van der Waals surface area contributed by atoms with Crippen molar-refractivity contribution in [3.05, 3.63) is 47.2 Å². The van der Waals surface area contributed by atoms with Gasteiger partial charge in [-0.1, -0.05) is 12.5 Å². The number of rotatable bonds is 4. The molecule has 10 heteroatoms. The SMILES string of the molecule is Cc1ncsc1-c1nnc([C@H]2CCCCN2S(=O)(=O)c2cccc(F)c2)o1. The van der Waals surface area contributed by atoms with Crippen LogP contribution in [0.2, 0.25) is 0 Å². The molecule has 1 aromatic carbocycles. The van der Waals surface area contributed by atoms with Crippen LogP contribution in [0, 0.1) is 12.7 Å². The van der Waals surface area contributed by atoms with E-state index in [1.807, 2.05) is 6.92 Å². The Morgan fingerprint density at radius 2 is 2.15 bits per heavy atom. The summed E-state index contributed by atoms with van der Waals surface area (Å²) in [7, 11) is -3.88. The predicted octanol–water partition coefficient (Wildman–Crippen LogP) is 3.56. The van der Waals surface area contributed by atoms with Crippen molar-refractivity contribution in [3.8, 4) is 10.8 Å². The summed E-state index contributed by atoms with van der Waals surface area (Å²) in [6.07, 6.45) is 2.13. The van der Waals surface area contributed by atoms with Gasteiger partial charge in [-0.2, -0.15) is 4.31 Å². The third kappa shape index (κ3) is 3.40. The molecule has 2 aromatic heterocycles. The summed E-state index contributed by atoms with van der Waals surface area (Å²) in [5.41, 5.74) is 2.47. The number of halogens is 1. The van der Waals surface area contributed by atoms with Crippen LogP contribution < -0.4 is 0 Å². The van der Waals surface area contributed by atoms with Crippen molar-refractivity contribution in [2.45, 2.75) is 37.1 Å². The minimum atomic E-state index is -3.88. The van der Waals surface area contributed by atoms with E-state index in [-0.39, 0.29) is 10.8 Å². The van der Waals surface area contributed by atoms with Gasteiger partial charge in [0, 0.05) is 6.54 Å². The molecule has 1 aliphatic heterocycles. The standard InChI is InChI=1S/C17H17FN4O3S2/c1-11-15(26-10-19-11)17-21-20-16(25-17)14-7-2-3-8-22(14)27(23,24)13-6-4-5-12(18)9-13/h4-6,9-10,14H,2-3,7-8H2,1H3/t14-/m1/s1. The number of aryl methyl sites for hydroxylation is 1. The number of thiazole rings is 1. The van der Waals surface area contributed by atoms with Crippen LogP contribution in [0.4, 0.5) is 4.39 Å². The zero-order valence-electron chi connectivity index (χ0n) is 14.5. The average molecular weight is 408 g/mol. The smallest absolute Gasteiger partial charge is 0.259 e. The first-order valence-electron chi connectivity index (χ1n) is 8.48. The van der Waals surface area contributed by atoms with Gasteiger partial charge in [0.15, 0.2) is 0 Å². The van der Waals surface area contributed by atoms with Gasteiger partial charge in [-0.3, -0.25) is 0 Å². The molecule has 7 nitrogen and oxygen atoms in total. The van der Waals surface area contributed by atoms with E-state index in [1.54, 1.807) is 5.51 Å². The normalized spacial score (nSPS) is 18.7. The second-order valence-corrected chi connectivity index (χ2v) is 9.04. The Labute approximate surface area is 159 Å². The molecule has 3 heterocycles. The van der Waals surface area contributed by atoms with Crippen LogP contribution in [0.1, 0.15) is 36.9 Å². The van der Waals surface area contributed by atoms with Crippen LogP contribution in [0.3, 0.4) is 0 Å². The lowest BCUT2D eigenvalue weighted by Crippen LogP contribution is -2.38. The zero-order valence-corrected chi connectivity index (χ0v) is 16.1. The predicted molar refractivity (Wildman–Crippen MR) is 97.0 cm³/mol. The number of aromatic nitrogens is 3. The summed E-state index contributed by atoms with van der Waals surface area (Å²) >= 11 is 1.39. The minimum Gasteiger partial charge on any atom is -0.418 e. The summed E-state index contributed by atoms with van der Waals surface area (Å²) in [6.45, 7) is 2.16. The van der Waals surface area contributed by atoms with Crippen molar-refractivity contribution in [2.75, 3.05) is 6.54 Å². The number of sulfonamides is 1. The highest BCUT2D eigenvalue weighted by molar-refractivity contribution is 7.89. The van der Waals surface area contributed by atoms with Gasteiger partial charge >= 0.3 is 0 Å². The molecule has 142 valence electrons. The Kier molecular flexibility index (Phi) is 4.79. The molecule has 0 saturated carbocycles. The quantitative estimate of drug-likeness (QED) is 0.656.